The molecule has 1 aromatic rings. The smallest absolute Gasteiger partial charge is 0.326 e. The average molecular weight is 456 g/mol. The van der Waals surface area contributed by atoms with E-state index in [-0.39, 0.29) is 17.1 Å². The van der Waals surface area contributed by atoms with Crippen LogP contribution >= 0.6 is 23.4 Å². The molecule has 1 saturated heterocycles. The van der Waals surface area contributed by atoms with Gasteiger partial charge in [-0.15, -0.1) is 0 Å². The fourth-order valence-corrected chi connectivity index (χ4v) is 3.65. The Balaban J connectivity index is 2.28. The van der Waals surface area contributed by atoms with Gasteiger partial charge < -0.3 is 14.2 Å². The summed E-state index contributed by atoms with van der Waals surface area (Å²) in [6.45, 7) is 9.15. The van der Waals surface area contributed by atoms with E-state index in [0.717, 1.165) is 23.1 Å². The van der Waals surface area contributed by atoms with Crippen LogP contribution < -0.4 is 9.47 Å². The molecule has 1 aliphatic heterocycles. The minimum atomic E-state index is -0.637. The molecule has 0 aliphatic carbocycles. The van der Waals surface area contributed by atoms with Crippen LogP contribution in [0.3, 0.4) is 0 Å². The predicted molar refractivity (Wildman–Crippen MR) is 117 cm³/mol. The van der Waals surface area contributed by atoms with E-state index in [1.165, 1.54) is 0 Å². The third kappa shape index (κ3) is 6.15. The summed E-state index contributed by atoms with van der Waals surface area (Å²) in [5, 5.41) is -0.188. The van der Waals surface area contributed by atoms with E-state index in [9.17, 15) is 14.4 Å². The van der Waals surface area contributed by atoms with Gasteiger partial charge in [0.25, 0.3) is 11.1 Å². The molecule has 0 radical (unpaired) electrons. The van der Waals surface area contributed by atoms with E-state index in [0.29, 0.717) is 28.7 Å². The van der Waals surface area contributed by atoms with Gasteiger partial charge in [-0.2, -0.15) is 0 Å². The van der Waals surface area contributed by atoms with E-state index in [2.05, 4.69) is 0 Å². The Morgan fingerprint density at radius 1 is 1.23 bits per heavy atom. The second kappa shape index (κ2) is 10.7. The number of esters is 1. The molecule has 7 nitrogen and oxygen atoms in total. The highest BCUT2D eigenvalue weighted by Crippen LogP contribution is 2.39. The second-order valence-electron chi connectivity index (χ2n) is 6.91. The van der Waals surface area contributed by atoms with Crippen LogP contribution in [0.5, 0.6) is 11.5 Å². The lowest BCUT2D eigenvalue weighted by Gasteiger charge is -2.18. The fourth-order valence-electron chi connectivity index (χ4n) is 2.55. The van der Waals surface area contributed by atoms with Gasteiger partial charge in [-0.3, -0.25) is 19.3 Å². The van der Waals surface area contributed by atoms with Crippen molar-refractivity contribution in [2.45, 2.75) is 53.2 Å². The number of nitrogens with zero attached hydrogens (tertiary/aromatic N) is 1. The quantitative estimate of drug-likeness (QED) is 0.386. The highest BCUT2D eigenvalue weighted by Gasteiger charge is 2.36. The van der Waals surface area contributed by atoms with Crippen molar-refractivity contribution < 1.29 is 28.6 Å². The average Bonchev–Trinajstić information content (AvgIpc) is 2.91. The highest BCUT2D eigenvalue weighted by atomic mass is 35.5. The molecule has 1 fully saturated rings. The van der Waals surface area contributed by atoms with Crippen LogP contribution in [0.25, 0.3) is 6.08 Å². The summed E-state index contributed by atoms with van der Waals surface area (Å²) in [6, 6.07) is 3.34. The number of halogens is 1. The SMILES string of the molecule is CCOc1cc(/C=C2/SC(=O)N(CC(=O)OC(C)C)C2=O)cc(Cl)c1O[C@H](C)CC. The van der Waals surface area contributed by atoms with Gasteiger partial charge in [-0.1, -0.05) is 18.5 Å². The van der Waals surface area contributed by atoms with E-state index < -0.39 is 23.7 Å². The van der Waals surface area contributed by atoms with Gasteiger partial charge >= 0.3 is 5.97 Å². The summed E-state index contributed by atoms with van der Waals surface area (Å²) in [4.78, 5) is 37.7. The van der Waals surface area contributed by atoms with Gasteiger partial charge in [0.2, 0.25) is 0 Å². The van der Waals surface area contributed by atoms with Crippen molar-refractivity contribution in [1.29, 1.82) is 0 Å². The first kappa shape index (κ1) is 24.1. The van der Waals surface area contributed by atoms with Crippen molar-refractivity contribution in [2.24, 2.45) is 0 Å². The number of imide groups is 1. The third-order valence-electron chi connectivity index (χ3n) is 4.05. The molecule has 0 unspecified atom stereocenters. The van der Waals surface area contributed by atoms with Crippen molar-refractivity contribution >= 4 is 46.6 Å². The van der Waals surface area contributed by atoms with E-state index in [1.54, 1.807) is 32.1 Å². The molecule has 2 amide bonds. The third-order valence-corrected chi connectivity index (χ3v) is 5.24. The van der Waals surface area contributed by atoms with Crippen LogP contribution in [0.1, 0.15) is 46.6 Å². The molecule has 2 rings (SSSR count). The minimum Gasteiger partial charge on any atom is -0.490 e. The zero-order valence-electron chi connectivity index (χ0n) is 17.7. The van der Waals surface area contributed by atoms with Crippen LogP contribution in [0.4, 0.5) is 4.79 Å². The zero-order valence-corrected chi connectivity index (χ0v) is 19.3. The largest absolute Gasteiger partial charge is 0.490 e. The first-order chi connectivity index (χ1) is 14.2. The van der Waals surface area contributed by atoms with Crippen molar-refractivity contribution in [3.8, 4) is 11.5 Å². The number of amides is 2. The molecule has 1 aromatic carbocycles. The number of rotatable bonds is 9. The maximum absolute atomic E-state index is 12.6. The van der Waals surface area contributed by atoms with E-state index >= 15 is 0 Å². The number of thioether (sulfide) groups is 1. The van der Waals surface area contributed by atoms with Crippen LogP contribution in [-0.2, 0) is 14.3 Å². The summed E-state index contributed by atoms with van der Waals surface area (Å²) in [5.74, 6) is -0.299. The summed E-state index contributed by atoms with van der Waals surface area (Å²) in [6.07, 6.45) is 1.97. The van der Waals surface area contributed by atoms with Gasteiger partial charge in [0, 0.05) is 0 Å². The second-order valence-corrected chi connectivity index (χ2v) is 8.31. The van der Waals surface area contributed by atoms with Crippen LogP contribution in [-0.4, -0.2) is 47.4 Å². The number of benzene rings is 1. The molecule has 1 aliphatic rings. The predicted octanol–water partition coefficient (Wildman–Crippen LogP) is 4.90. The Bertz CT molecular complexity index is 854. The number of hydrogen-bond donors (Lipinski definition) is 0. The zero-order chi connectivity index (χ0) is 22.4. The molecule has 0 aromatic heterocycles. The van der Waals surface area contributed by atoms with Gasteiger partial charge in [0.05, 0.1) is 28.7 Å². The standard InChI is InChI=1S/C21H26ClNO6S/c1-6-13(5)29-19-15(22)8-14(9-16(19)27-7-2)10-17-20(25)23(21(26)30-17)11-18(24)28-12(3)4/h8-10,12-13H,6-7,11H2,1-5H3/b17-10+/t13-/m1/s1. The molecule has 9 heteroatoms. The summed E-state index contributed by atoms with van der Waals surface area (Å²) >= 11 is 7.16. The van der Waals surface area contributed by atoms with Gasteiger partial charge in [-0.25, -0.2) is 0 Å². The van der Waals surface area contributed by atoms with Crippen LogP contribution in [0.2, 0.25) is 5.02 Å². The molecular formula is C21H26ClNO6S. The van der Waals surface area contributed by atoms with Gasteiger partial charge in [-0.05, 0) is 69.6 Å². The van der Waals surface area contributed by atoms with E-state index in [4.69, 9.17) is 25.8 Å². The molecule has 30 heavy (non-hydrogen) atoms. The Morgan fingerprint density at radius 2 is 1.93 bits per heavy atom. The number of hydrogen-bond acceptors (Lipinski definition) is 7. The minimum absolute atomic E-state index is 0.0466. The first-order valence-electron chi connectivity index (χ1n) is 9.74. The Kier molecular flexibility index (Phi) is 8.61. The van der Waals surface area contributed by atoms with E-state index in [1.807, 2.05) is 20.8 Å². The highest BCUT2D eigenvalue weighted by molar-refractivity contribution is 8.18. The van der Waals surface area contributed by atoms with Crippen molar-refractivity contribution in [2.75, 3.05) is 13.2 Å². The van der Waals surface area contributed by atoms with Crippen molar-refractivity contribution in [1.82, 2.24) is 4.90 Å². The first-order valence-corrected chi connectivity index (χ1v) is 10.9. The summed E-state index contributed by atoms with van der Waals surface area (Å²) in [5.41, 5.74) is 0.579. The lowest BCUT2D eigenvalue weighted by Crippen LogP contribution is -2.35. The molecule has 0 bridgehead atoms. The topological polar surface area (TPSA) is 82.1 Å². The lowest BCUT2D eigenvalue weighted by molar-refractivity contribution is -0.149. The Hall–Kier alpha value is -2.19. The maximum Gasteiger partial charge on any atom is 0.326 e. The van der Waals surface area contributed by atoms with Crippen molar-refractivity contribution in [3.63, 3.8) is 0 Å². The molecule has 0 spiro atoms. The molecule has 1 atom stereocenters. The maximum atomic E-state index is 12.6. The van der Waals surface area contributed by atoms with Gasteiger partial charge in [0.1, 0.15) is 6.54 Å². The molecule has 0 saturated carbocycles. The fraction of sp³-hybridized carbons (Fsp3) is 0.476. The Labute approximate surface area is 185 Å². The molecular weight excluding hydrogens is 430 g/mol. The number of carbonyl (C=O) groups is 3. The summed E-state index contributed by atoms with van der Waals surface area (Å²) in [7, 11) is 0. The molecule has 1 heterocycles. The normalized spacial score (nSPS) is 16.4. The number of carbonyl (C=O) groups excluding carboxylic acids is 3. The van der Waals surface area contributed by atoms with Crippen molar-refractivity contribution in [3.05, 3.63) is 27.6 Å². The molecule has 0 N–H and O–H groups in total. The van der Waals surface area contributed by atoms with Crippen LogP contribution in [0, 0.1) is 0 Å². The Morgan fingerprint density at radius 3 is 2.53 bits per heavy atom. The monoisotopic (exact) mass is 455 g/mol. The van der Waals surface area contributed by atoms with Crippen LogP contribution in [0.15, 0.2) is 17.0 Å². The molecule has 164 valence electrons. The summed E-state index contributed by atoms with van der Waals surface area (Å²) < 4.78 is 16.5. The van der Waals surface area contributed by atoms with Gasteiger partial charge in [0.15, 0.2) is 11.5 Å². The number of ether oxygens (including phenoxy) is 3. The lowest BCUT2D eigenvalue weighted by atomic mass is 10.1.